The van der Waals surface area contributed by atoms with Crippen LogP contribution in [0.2, 0.25) is 5.15 Å². The minimum atomic E-state index is -4.83. The van der Waals surface area contributed by atoms with E-state index in [-0.39, 0.29) is 6.04 Å². The van der Waals surface area contributed by atoms with Gasteiger partial charge in [0.15, 0.2) is 5.69 Å². The van der Waals surface area contributed by atoms with E-state index in [1.165, 1.54) is 0 Å². The summed E-state index contributed by atoms with van der Waals surface area (Å²) < 4.78 is 39.6. The summed E-state index contributed by atoms with van der Waals surface area (Å²) in [6.45, 7) is 0. The molecule has 0 radical (unpaired) electrons. The first-order valence-electron chi connectivity index (χ1n) is 6.41. The molecule has 1 aliphatic rings. The number of hydrogen-bond acceptors (Lipinski definition) is 2. The molecule has 1 aromatic rings. The molecule has 1 aromatic heterocycles. The van der Waals surface area contributed by atoms with Crippen molar-refractivity contribution in [2.75, 3.05) is 0 Å². The van der Waals surface area contributed by atoms with Crippen molar-refractivity contribution < 1.29 is 23.1 Å². The summed E-state index contributed by atoms with van der Waals surface area (Å²) >= 11 is 5.84. The number of carbonyl (C=O) groups is 1. The maximum absolute atomic E-state index is 12.9. The lowest BCUT2D eigenvalue weighted by atomic mass is 10.1. The van der Waals surface area contributed by atoms with E-state index in [0.717, 1.165) is 30.4 Å². The molecule has 0 amide bonds. The summed E-state index contributed by atoms with van der Waals surface area (Å²) in [5, 5.41) is 12.0. The minimum Gasteiger partial charge on any atom is -0.478 e. The van der Waals surface area contributed by atoms with Gasteiger partial charge in [-0.1, -0.05) is 37.3 Å². The number of aromatic nitrogens is 2. The van der Waals surface area contributed by atoms with Crippen molar-refractivity contribution in [1.29, 1.82) is 0 Å². The van der Waals surface area contributed by atoms with Gasteiger partial charge in [-0.3, -0.25) is 0 Å². The van der Waals surface area contributed by atoms with Crippen LogP contribution in [0.4, 0.5) is 13.2 Å². The smallest absolute Gasteiger partial charge is 0.436 e. The summed E-state index contributed by atoms with van der Waals surface area (Å²) in [6, 6.07) is -0.265. The number of aromatic carboxylic acids is 1. The van der Waals surface area contributed by atoms with Gasteiger partial charge >= 0.3 is 12.1 Å². The van der Waals surface area contributed by atoms with Crippen LogP contribution in [-0.4, -0.2) is 20.9 Å². The molecule has 0 unspecified atom stereocenters. The van der Waals surface area contributed by atoms with Crippen LogP contribution in [-0.2, 0) is 6.18 Å². The number of rotatable bonds is 2. The van der Waals surface area contributed by atoms with E-state index in [0.29, 0.717) is 12.8 Å². The third kappa shape index (κ3) is 2.92. The molecule has 0 aromatic carbocycles. The first-order chi connectivity index (χ1) is 9.32. The summed E-state index contributed by atoms with van der Waals surface area (Å²) in [7, 11) is 0. The third-order valence-corrected chi connectivity index (χ3v) is 3.87. The fraction of sp³-hybridized carbons (Fsp3) is 0.667. The van der Waals surface area contributed by atoms with Gasteiger partial charge in [0.25, 0.3) is 0 Å². The Morgan fingerprint density at radius 3 is 2.20 bits per heavy atom. The molecule has 112 valence electrons. The van der Waals surface area contributed by atoms with E-state index in [9.17, 15) is 18.0 Å². The Hall–Kier alpha value is -1.24. The molecular formula is C12H14ClF3N2O2. The molecule has 0 aliphatic heterocycles. The van der Waals surface area contributed by atoms with Gasteiger partial charge in [0.05, 0.1) is 6.04 Å². The fourth-order valence-electron chi connectivity index (χ4n) is 2.55. The normalized spacial score (nSPS) is 18.0. The molecule has 0 saturated heterocycles. The van der Waals surface area contributed by atoms with Gasteiger partial charge in [-0.2, -0.15) is 18.3 Å². The first-order valence-corrected chi connectivity index (χ1v) is 6.78. The second-order valence-electron chi connectivity index (χ2n) is 4.91. The summed E-state index contributed by atoms with van der Waals surface area (Å²) in [6.07, 6.45) is 0.304. The summed E-state index contributed by atoms with van der Waals surface area (Å²) in [4.78, 5) is 11.0. The number of halogens is 4. The second kappa shape index (κ2) is 5.63. The molecule has 1 heterocycles. The van der Waals surface area contributed by atoms with E-state index in [1.807, 2.05) is 0 Å². The summed E-state index contributed by atoms with van der Waals surface area (Å²) in [5.74, 6) is -1.71. The lowest BCUT2D eigenvalue weighted by molar-refractivity contribution is -0.142. The van der Waals surface area contributed by atoms with E-state index in [2.05, 4.69) is 5.10 Å². The zero-order valence-electron chi connectivity index (χ0n) is 10.6. The van der Waals surface area contributed by atoms with Gasteiger partial charge in [0, 0.05) is 0 Å². The standard InChI is InChI=1S/C12H14ClF3N2O2/c13-10-8(11(19)20)9(12(14,15)16)17-18(10)7-5-3-1-2-4-6-7/h7H,1-6H2,(H,19,20). The largest absolute Gasteiger partial charge is 0.478 e. The Morgan fingerprint density at radius 2 is 1.80 bits per heavy atom. The molecular weight excluding hydrogens is 297 g/mol. The monoisotopic (exact) mass is 310 g/mol. The highest BCUT2D eigenvalue weighted by molar-refractivity contribution is 6.32. The molecule has 0 atom stereocenters. The van der Waals surface area contributed by atoms with Crippen molar-refractivity contribution in [1.82, 2.24) is 9.78 Å². The molecule has 0 spiro atoms. The Balaban J connectivity index is 2.46. The Kier molecular flexibility index (Phi) is 4.27. The highest BCUT2D eigenvalue weighted by Gasteiger charge is 2.42. The second-order valence-corrected chi connectivity index (χ2v) is 5.27. The number of carboxylic acids is 1. The molecule has 1 aliphatic carbocycles. The highest BCUT2D eigenvalue weighted by Crippen LogP contribution is 2.37. The van der Waals surface area contributed by atoms with Crippen LogP contribution in [0.3, 0.4) is 0 Å². The van der Waals surface area contributed by atoms with Crippen molar-refractivity contribution in [3.05, 3.63) is 16.4 Å². The van der Waals surface area contributed by atoms with Crippen molar-refractivity contribution in [2.45, 2.75) is 50.7 Å². The van der Waals surface area contributed by atoms with Gasteiger partial charge in [0.2, 0.25) is 0 Å². The molecule has 8 heteroatoms. The average Bonchev–Trinajstić information content (AvgIpc) is 2.54. The van der Waals surface area contributed by atoms with E-state index >= 15 is 0 Å². The van der Waals surface area contributed by atoms with Crippen LogP contribution < -0.4 is 0 Å². The van der Waals surface area contributed by atoms with E-state index in [1.54, 1.807) is 0 Å². The number of alkyl halides is 3. The molecule has 1 N–H and O–H groups in total. The van der Waals surface area contributed by atoms with Gasteiger partial charge in [-0.15, -0.1) is 0 Å². The predicted molar refractivity (Wildman–Crippen MR) is 65.9 cm³/mol. The van der Waals surface area contributed by atoms with E-state index < -0.39 is 28.6 Å². The maximum atomic E-state index is 12.9. The van der Waals surface area contributed by atoms with Gasteiger partial charge < -0.3 is 5.11 Å². The molecule has 1 fully saturated rings. The topological polar surface area (TPSA) is 55.1 Å². The fourth-order valence-corrected chi connectivity index (χ4v) is 2.89. The molecule has 0 bridgehead atoms. The van der Waals surface area contributed by atoms with Gasteiger partial charge in [0.1, 0.15) is 10.7 Å². The van der Waals surface area contributed by atoms with Crippen molar-refractivity contribution in [3.63, 3.8) is 0 Å². The van der Waals surface area contributed by atoms with Crippen molar-refractivity contribution in [3.8, 4) is 0 Å². The van der Waals surface area contributed by atoms with Crippen LogP contribution in [0, 0.1) is 0 Å². The SMILES string of the molecule is O=C(O)c1c(C(F)(F)F)nn(C2CCCCCC2)c1Cl. The molecule has 4 nitrogen and oxygen atoms in total. The first kappa shape index (κ1) is 15.2. The van der Waals surface area contributed by atoms with Crippen LogP contribution in [0.25, 0.3) is 0 Å². The third-order valence-electron chi connectivity index (χ3n) is 3.50. The van der Waals surface area contributed by atoms with Gasteiger partial charge in [-0.25, -0.2) is 9.48 Å². The van der Waals surface area contributed by atoms with Crippen LogP contribution in [0.5, 0.6) is 0 Å². The van der Waals surface area contributed by atoms with Crippen molar-refractivity contribution in [2.24, 2.45) is 0 Å². The highest BCUT2D eigenvalue weighted by atomic mass is 35.5. The Labute approximate surface area is 118 Å². The van der Waals surface area contributed by atoms with Crippen LogP contribution in [0.1, 0.15) is 60.6 Å². The van der Waals surface area contributed by atoms with Gasteiger partial charge in [-0.05, 0) is 12.8 Å². The Morgan fingerprint density at radius 1 is 1.25 bits per heavy atom. The van der Waals surface area contributed by atoms with E-state index in [4.69, 9.17) is 16.7 Å². The molecule has 2 rings (SSSR count). The maximum Gasteiger partial charge on any atom is 0.436 e. The number of carboxylic acid groups (broad SMARTS) is 1. The average molecular weight is 311 g/mol. The predicted octanol–water partition coefficient (Wildman–Crippen LogP) is 4.15. The lowest BCUT2D eigenvalue weighted by Crippen LogP contribution is -2.13. The van der Waals surface area contributed by atoms with Crippen molar-refractivity contribution >= 4 is 17.6 Å². The Bertz CT molecular complexity index is 506. The zero-order valence-corrected chi connectivity index (χ0v) is 11.3. The molecule has 1 saturated carbocycles. The quantitative estimate of drug-likeness (QED) is 0.835. The lowest BCUT2D eigenvalue weighted by Gasteiger charge is -2.15. The van der Waals surface area contributed by atoms with Crippen LogP contribution in [0.15, 0.2) is 0 Å². The summed E-state index contributed by atoms with van der Waals surface area (Å²) in [5.41, 5.74) is -2.37. The number of nitrogens with zero attached hydrogens (tertiary/aromatic N) is 2. The zero-order chi connectivity index (χ0) is 14.9. The molecule has 20 heavy (non-hydrogen) atoms. The van der Waals surface area contributed by atoms with Crippen LogP contribution >= 0.6 is 11.6 Å². The number of hydrogen-bond donors (Lipinski definition) is 1. The minimum absolute atomic E-state index is 0.265.